The predicted molar refractivity (Wildman–Crippen MR) is 119 cm³/mol. The quantitative estimate of drug-likeness (QED) is 0.453. The summed E-state index contributed by atoms with van der Waals surface area (Å²) in [6, 6.07) is 12.0. The normalized spacial score (nSPS) is 20.6. The molecule has 160 valence electrons. The van der Waals surface area contributed by atoms with Crippen LogP contribution in [0, 0.1) is 22.5 Å². The number of halogens is 1. The number of Topliss-reactive ketones (excluding diaryl/α,β-unsaturated/α-hetero) is 1. The van der Waals surface area contributed by atoms with Gasteiger partial charge in [-0.15, -0.1) is 0 Å². The molecule has 1 aliphatic carbocycles. The average Bonchev–Trinajstić information content (AvgIpc) is 2.67. The fourth-order valence-electron chi connectivity index (χ4n) is 4.77. The van der Waals surface area contributed by atoms with Gasteiger partial charge in [0.15, 0.2) is 5.78 Å². The Balaban J connectivity index is 1.97. The molecule has 0 saturated heterocycles. The van der Waals surface area contributed by atoms with Crippen LogP contribution in [0.4, 0.5) is 11.4 Å². The number of nitrogens with zero attached hydrogens (tertiary/aromatic N) is 2. The summed E-state index contributed by atoms with van der Waals surface area (Å²) in [4.78, 5) is 39.4. The van der Waals surface area contributed by atoms with Crippen LogP contribution in [0.15, 0.2) is 53.7 Å². The lowest BCUT2D eigenvalue weighted by Gasteiger charge is -2.43. The highest BCUT2D eigenvalue weighted by molar-refractivity contribution is 6.31. The molecule has 0 bridgehead atoms. The van der Waals surface area contributed by atoms with Crippen molar-refractivity contribution >= 4 is 34.7 Å². The van der Waals surface area contributed by atoms with Crippen LogP contribution >= 0.6 is 11.6 Å². The Morgan fingerprint density at radius 3 is 2.52 bits per heavy atom. The molecule has 1 heterocycles. The number of hydrogen-bond acceptors (Lipinski definition) is 4. The minimum absolute atomic E-state index is 0.00591. The van der Waals surface area contributed by atoms with Gasteiger partial charge >= 0.3 is 0 Å². The van der Waals surface area contributed by atoms with E-state index >= 15 is 0 Å². The average molecular weight is 439 g/mol. The molecule has 0 radical (unpaired) electrons. The van der Waals surface area contributed by atoms with Crippen LogP contribution in [-0.2, 0) is 9.59 Å². The first-order chi connectivity index (χ1) is 14.6. The van der Waals surface area contributed by atoms with E-state index in [0.717, 1.165) is 11.1 Å². The summed E-state index contributed by atoms with van der Waals surface area (Å²) >= 11 is 5.99. The van der Waals surface area contributed by atoms with Crippen LogP contribution in [0.3, 0.4) is 0 Å². The Bertz CT molecular complexity index is 1150. The van der Waals surface area contributed by atoms with E-state index < -0.39 is 4.92 Å². The van der Waals surface area contributed by atoms with Crippen molar-refractivity contribution in [3.05, 3.63) is 80.0 Å². The summed E-state index contributed by atoms with van der Waals surface area (Å²) in [5.41, 5.74) is 2.66. The van der Waals surface area contributed by atoms with Gasteiger partial charge in [0.2, 0.25) is 5.91 Å². The van der Waals surface area contributed by atoms with E-state index in [1.54, 1.807) is 0 Å². The van der Waals surface area contributed by atoms with Crippen LogP contribution in [-0.4, -0.2) is 16.6 Å². The van der Waals surface area contributed by atoms with Crippen molar-refractivity contribution in [3.8, 4) is 0 Å². The van der Waals surface area contributed by atoms with Gasteiger partial charge in [-0.1, -0.05) is 49.7 Å². The smallest absolute Gasteiger partial charge is 0.294 e. The fourth-order valence-corrected chi connectivity index (χ4v) is 4.94. The Labute approximate surface area is 185 Å². The molecule has 0 spiro atoms. The van der Waals surface area contributed by atoms with Gasteiger partial charge in [0, 0.05) is 41.1 Å². The molecule has 1 atom stereocenters. The second kappa shape index (κ2) is 7.61. The third-order valence-electron chi connectivity index (χ3n) is 6.08. The molecule has 1 aliphatic heterocycles. The number of nitro benzene ring substituents is 1. The van der Waals surface area contributed by atoms with Gasteiger partial charge < -0.3 is 0 Å². The highest BCUT2D eigenvalue weighted by Gasteiger charge is 2.45. The molecule has 7 heteroatoms. The van der Waals surface area contributed by atoms with Gasteiger partial charge in [0.1, 0.15) is 5.69 Å². The van der Waals surface area contributed by atoms with Gasteiger partial charge in [-0.2, -0.15) is 0 Å². The first kappa shape index (κ1) is 21.2. The van der Waals surface area contributed by atoms with Crippen LogP contribution in [0.5, 0.6) is 0 Å². The second-order valence-corrected chi connectivity index (χ2v) is 9.47. The van der Waals surface area contributed by atoms with Crippen molar-refractivity contribution in [2.24, 2.45) is 5.41 Å². The maximum Gasteiger partial charge on any atom is 0.294 e. The van der Waals surface area contributed by atoms with Crippen LogP contribution in [0.2, 0.25) is 5.02 Å². The first-order valence-corrected chi connectivity index (χ1v) is 10.6. The number of ketones is 1. The fraction of sp³-hybridized carbons (Fsp3) is 0.333. The van der Waals surface area contributed by atoms with E-state index in [0.29, 0.717) is 24.1 Å². The molecule has 0 N–H and O–H groups in total. The van der Waals surface area contributed by atoms with Crippen molar-refractivity contribution in [1.29, 1.82) is 0 Å². The number of carbonyl (C=O) groups excluding carboxylic acids is 2. The molecule has 2 aromatic carbocycles. The van der Waals surface area contributed by atoms with Gasteiger partial charge in [0.05, 0.1) is 4.92 Å². The Kier molecular flexibility index (Phi) is 5.21. The van der Waals surface area contributed by atoms with E-state index in [9.17, 15) is 19.7 Å². The summed E-state index contributed by atoms with van der Waals surface area (Å²) < 4.78 is 0. The molecular formula is C24H23ClN2O4. The van der Waals surface area contributed by atoms with Crippen molar-refractivity contribution in [3.63, 3.8) is 0 Å². The zero-order chi connectivity index (χ0) is 22.5. The second-order valence-electron chi connectivity index (χ2n) is 9.03. The zero-order valence-electron chi connectivity index (χ0n) is 17.6. The van der Waals surface area contributed by atoms with Crippen LogP contribution in [0.1, 0.15) is 50.2 Å². The Morgan fingerprint density at radius 2 is 1.84 bits per heavy atom. The number of hydrogen-bond donors (Lipinski definition) is 0. The third kappa shape index (κ3) is 3.76. The number of anilines is 1. The number of aryl methyl sites for hydroxylation is 1. The summed E-state index contributed by atoms with van der Waals surface area (Å²) in [7, 11) is 0. The number of rotatable bonds is 3. The van der Waals surface area contributed by atoms with Gasteiger partial charge in [-0.05, 0) is 42.0 Å². The van der Waals surface area contributed by atoms with E-state index in [-0.39, 0.29) is 45.8 Å². The molecule has 2 aromatic rings. The van der Waals surface area contributed by atoms with Crippen molar-refractivity contribution in [1.82, 2.24) is 0 Å². The maximum absolute atomic E-state index is 13.4. The third-order valence-corrected chi connectivity index (χ3v) is 6.32. The van der Waals surface area contributed by atoms with Gasteiger partial charge in [-0.3, -0.25) is 24.6 Å². The topological polar surface area (TPSA) is 80.5 Å². The van der Waals surface area contributed by atoms with Crippen molar-refractivity contribution in [2.75, 3.05) is 4.90 Å². The summed E-state index contributed by atoms with van der Waals surface area (Å²) in [5, 5.41) is 11.9. The van der Waals surface area contributed by atoms with Gasteiger partial charge in [0.25, 0.3) is 5.69 Å². The summed E-state index contributed by atoms with van der Waals surface area (Å²) in [6.45, 7) is 5.92. The SMILES string of the molecule is Cc1ccccc1C1CC(=O)N(c2ccc(Cl)cc2[N+](=O)[O-])C2=C1C(=O)CC(C)(C)C2. The highest BCUT2D eigenvalue weighted by Crippen LogP contribution is 2.49. The van der Waals surface area contributed by atoms with Crippen LogP contribution < -0.4 is 4.90 Å². The number of nitro groups is 1. The van der Waals surface area contributed by atoms with E-state index in [1.165, 1.54) is 23.1 Å². The Morgan fingerprint density at radius 1 is 1.13 bits per heavy atom. The predicted octanol–water partition coefficient (Wildman–Crippen LogP) is 5.72. The monoisotopic (exact) mass is 438 g/mol. The lowest BCUT2D eigenvalue weighted by atomic mass is 9.69. The summed E-state index contributed by atoms with van der Waals surface area (Å²) in [5.74, 6) is -0.619. The minimum atomic E-state index is -0.544. The van der Waals surface area contributed by atoms with Crippen molar-refractivity contribution < 1.29 is 14.5 Å². The standard InChI is InChI=1S/C24H23ClN2O4/c1-14-6-4-5-7-16(14)17-11-22(29)26(18-9-8-15(25)10-19(18)27(30)31)20-12-24(2,3)13-21(28)23(17)20/h4-10,17H,11-13H2,1-3H3. The summed E-state index contributed by atoms with van der Waals surface area (Å²) in [6.07, 6.45) is 0.927. The number of amides is 1. The Hall–Kier alpha value is -2.99. The molecule has 0 fully saturated rings. The van der Waals surface area contributed by atoms with Crippen LogP contribution in [0.25, 0.3) is 0 Å². The largest absolute Gasteiger partial charge is 0.294 e. The lowest BCUT2D eigenvalue weighted by Crippen LogP contribution is -2.44. The molecule has 2 aliphatic rings. The molecule has 6 nitrogen and oxygen atoms in total. The molecule has 0 aromatic heterocycles. The van der Waals surface area contributed by atoms with E-state index in [1.807, 2.05) is 45.0 Å². The van der Waals surface area contributed by atoms with Crippen molar-refractivity contribution in [2.45, 2.75) is 46.0 Å². The maximum atomic E-state index is 13.4. The molecular weight excluding hydrogens is 416 g/mol. The highest BCUT2D eigenvalue weighted by atomic mass is 35.5. The number of carbonyl (C=O) groups is 2. The van der Waals surface area contributed by atoms with E-state index in [4.69, 9.17) is 11.6 Å². The van der Waals surface area contributed by atoms with E-state index in [2.05, 4.69) is 0 Å². The molecule has 1 amide bonds. The lowest BCUT2D eigenvalue weighted by molar-refractivity contribution is -0.384. The van der Waals surface area contributed by atoms with Gasteiger partial charge in [-0.25, -0.2) is 0 Å². The minimum Gasteiger partial charge on any atom is -0.294 e. The molecule has 1 unspecified atom stereocenters. The first-order valence-electron chi connectivity index (χ1n) is 10.2. The molecule has 31 heavy (non-hydrogen) atoms. The zero-order valence-corrected chi connectivity index (χ0v) is 18.4. The number of allylic oxidation sites excluding steroid dienone is 2. The molecule has 0 saturated carbocycles. The molecule has 4 rings (SSSR count). The number of benzene rings is 2.